The zero-order valence-electron chi connectivity index (χ0n) is 10.0. The van der Waals surface area contributed by atoms with Gasteiger partial charge in [-0.1, -0.05) is 0 Å². The van der Waals surface area contributed by atoms with Gasteiger partial charge in [-0.2, -0.15) is 0 Å². The van der Waals surface area contributed by atoms with Crippen LogP contribution in [0.3, 0.4) is 0 Å². The summed E-state index contributed by atoms with van der Waals surface area (Å²) in [5, 5.41) is 15.7. The molecule has 8 heteroatoms. The Bertz CT molecular complexity index is 645. The fraction of sp³-hybridized carbons (Fsp3) is 0. The van der Waals surface area contributed by atoms with Crippen molar-refractivity contribution < 1.29 is 9.72 Å². The van der Waals surface area contributed by atoms with Gasteiger partial charge in [0, 0.05) is 30.2 Å². The number of nitro benzene ring substituents is 1. The van der Waals surface area contributed by atoms with Crippen molar-refractivity contribution in [3.63, 3.8) is 0 Å². The summed E-state index contributed by atoms with van der Waals surface area (Å²) in [7, 11) is 0. The minimum absolute atomic E-state index is 0.0344. The number of rotatable bonds is 3. The summed E-state index contributed by atoms with van der Waals surface area (Å²) in [5.41, 5.74) is 0.991. The van der Waals surface area contributed by atoms with E-state index in [4.69, 9.17) is 0 Å². The number of anilines is 2. The molecule has 1 heterocycles. The molecule has 2 rings (SSSR count). The number of nitro groups is 1. The molecular weight excluding hydrogens is 328 g/mol. The second-order valence-corrected chi connectivity index (χ2v) is 4.59. The number of aromatic nitrogens is 1. The van der Waals surface area contributed by atoms with Gasteiger partial charge in [0.1, 0.15) is 0 Å². The molecule has 0 saturated carbocycles. The Labute approximate surface area is 122 Å². The molecular formula is C12H9BrN4O3. The van der Waals surface area contributed by atoms with Crippen molar-refractivity contribution in [3.8, 4) is 0 Å². The highest BCUT2D eigenvalue weighted by Crippen LogP contribution is 2.20. The van der Waals surface area contributed by atoms with Gasteiger partial charge in [-0.25, -0.2) is 4.79 Å². The molecule has 0 saturated heterocycles. The maximum atomic E-state index is 11.8. The highest BCUT2D eigenvalue weighted by Gasteiger charge is 2.07. The Balaban J connectivity index is 2.01. The SMILES string of the molecule is O=C(Nc1ccc([N+](=O)[O-])cc1)Nc1ccncc1Br. The summed E-state index contributed by atoms with van der Waals surface area (Å²) in [4.78, 5) is 25.6. The molecule has 2 amide bonds. The normalized spacial score (nSPS) is 9.85. The number of hydrogen-bond acceptors (Lipinski definition) is 4. The Hall–Kier alpha value is -2.48. The first kappa shape index (κ1) is 13.9. The van der Waals surface area contributed by atoms with Gasteiger partial charge in [0.05, 0.1) is 15.1 Å². The number of carbonyl (C=O) groups is 1. The zero-order valence-corrected chi connectivity index (χ0v) is 11.6. The Morgan fingerprint density at radius 3 is 2.50 bits per heavy atom. The highest BCUT2D eigenvalue weighted by molar-refractivity contribution is 9.10. The van der Waals surface area contributed by atoms with Crippen molar-refractivity contribution in [1.29, 1.82) is 0 Å². The van der Waals surface area contributed by atoms with E-state index in [1.165, 1.54) is 24.3 Å². The number of nitrogens with zero attached hydrogens (tertiary/aromatic N) is 2. The second kappa shape index (κ2) is 6.11. The summed E-state index contributed by atoms with van der Waals surface area (Å²) in [6.45, 7) is 0. The van der Waals surface area contributed by atoms with Gasteiger partial charge in [0.2, 0.25) is 0 Å². The molecule has 2 N–H and O–H groups in total. The highest BCUT2D eigenvalue weighted by atomic mass is 79.9. The molecule has 7 nitrogen and oxygen atoms in total. The molecule has 0 aliphatic rings. The zero-order chi connectivity index (χ0) is 14.5. The third kappa shape index (κ3) is 3.51. The van der Waals surface area contributed by atoms with Gasteiger partial charge in [-0.3, -0.25) is 15.1 Å². The first-order valence-corrected chi connectivity index (χ1v) is 6.27. The average Bonchev–Trinajstić information content (AvgIpc) is 2.42. The number of carbonyl (C=O) groups excluding carboxylic acids is 1. The van der Waals surface area contributed by atoms with Crippen molar-refractivity contribution in [1.82, 2.24) is 4.98 Å². The summed E-state index contributed by atoms with van der Waals surface area (Å²) in [6.07, 6.45) is 3.10. The molecule has 2 aromatic rings. The van der Waals surface area contributed by atoms with Crippen molar-refractivity contribution in [2.75, 3.05) is 10.6 Å². The third-order valence-electron chi connectivity index (χ3n) is 2.36. The van der Waals surface area contributed by atoms with Crippen LogP contribution >= 0.6 is 15.9 Å². The monoisotopic (exact) mass is 336 g/mol. The fourth-order valence-electron chi connectivity index (χ4n) is 1.43. The molecule has 0 spiro atoms. The van der Waals surface area contributed by atoms with E-state index in [1.54, 1.807) is 18.5 Å². The van der Waals surface area contributed by atoms with Crippen LogP contribution in [0.2, 0.25) is 0 Å². The number of benzene rings is 1. The van der Waals surface area contributed by atoms with Crippen molar-refractivity contribution in [3.05, 3.63) is 57.3 Å². The Morgan fingerprint density at radius 2 is 1.90 bits per heavy atom. The summed E-state index contributed by atoms with van der Waals surface area (Å²) in [5.74, 6) is 0. The lowest BCUT2D eigenvalue weighted by molar-refractivity contribution is -0.384. The molecule has 20 heavy (non-hydrogen) atoms. The van der Waals surface area contributed by atoms with Gasteiger partial charge in [0.25, 0.3) is 5.69 Å². The number of pyridine rings is 1. The largest absolute Gasteiger partial charge is 0.323 e. The third-order valence-corrected chi connectivity index (χ3v) is 2.99. The molecule has 0 bridgehead atoms. The molecule has 0 fully saturated rings. The van der Waals surface area contributed by atoms with E-state index in [2.05, 4.69) is 31.5 Å². The number of nitrogens with one attached hydrogen (secondary N) is 2. The van der Waals surface area contributed by atoms with Crippen molar-refractivity contribution >= 4 is 39.0 Å². The number of non-ortho nitro benzene ring substituents is 1. The lowest BCUT2D eigenvalue weighted by Crippen LogP contribution is -2.19. The summed E-state index contributed by atoms with van der Waals surface area (Å²) in [6, 6.07) is 6.74. The predicted molar refractivity (Wildman–Crippen MR) is 77.7 cm³/mol. The molecule has 102 valence electrons. The second-order valence-electron chi connectivity index (χ2n) is 3.74. The van der Waals surface area contributed by atoms with E-state index in [-0.39, 0.29) is 5.69 Å². The van der Waals surface area contributed by atoms with Crippen LogP contribution in [0.25, 0.3) is 0 Å². The van der Waals surface area contributed by atoms with E-state index < -0.39 is 11.0 Å². The standard InChI is InChI=1S/C12H9BrN4O3/c13-10-7-14-6-5-11(10)16-12(18)15-8-1-3-9(4-2-8)17(19)20/h1-7H,(H2,14,15,16,18). The van der Waals surface area contributed by atoms with Crippen LogP contribution in [0.5, 0.6) is 0 Å². The van der Waals surface area contributed by atoms with Crippen LogP contribution in [-0.4, -0.2) is 15.9 Å². The topological polar surface area (TPSA) is 97.2 Å². The lowest BCUT2D eigenvalue weighted by Gasteiger charge is -2.08. The van der Waals surface area contributed by atoms with Crippen LogP contribution in [0.4, 0.5) is 21.9 Å². The van der Waals surface area contributed by atoms with Crippen LogP contribution in [0, 0.1) is 10.1 Å². The summed E-state index contributed by atoms with van der Waals surface area (Å²) < 4.78 is 0.652. The molecule has 1 aromatic carbocycles. The van der Waals surface area contributed by atoms with Gasteiger partial charge in [-0.05, 0) is 34.1 Å². The number of amides is 2. The van der Waals surface area contributed by atoms with Crippen molar-refractivity contribution in [2.45, 2.75) is 0 Å². The predicted octanol–water partition coefficient (Wildman–Crippen LogP) is 3.40. The molecule has 0 aliphatic heterocycles. The molecule has 0 aliphatic carbocycles. The van der Waals surface area contributed by atoms with E-state index in [9.17, 15) is 14.9 Å². The molecule has 0 atom stereocenters. The van der Waals surface area contributed by atoms with E-state index in [0.717, 1.165) is 0 Å². The number of hydrogen-bond donors (Lipinski definition) is 2. The van der Waals surface area contributed by atoms with Gasteiger partial charge in [0.15, 0.2) is 0 Å². The maximum Gasteiger partial charge on any atom is 0.323 e. The average molecular weight is 337 g/mol. The van der Waals surface area contributed by atoms with Gasteiger partial charge in [-0.15, -0.1) is 0 Å². The Kier molecular flexibility index (Phi) is 4.26. The fourth-order valence-corrected chi connectivity index (χ4v) is 1.78. The van der Waals surface area contributed by atoms with Crippen LogP contribution in [-0.2, 0) is 0 Å². The molecule has 1 aromatic heterocycles. The lowest BCUT2D eigenvalue weighted by atomic mass is 10.3. The van der Waals surface area contributed by atoms with Crippen LogP contribution in [0.15, 0.2) is 47.2 Å². The first-order chi connectivity index (χ1) is 9.56. The summed E-state index contributed by atoms with van der Waals surface area (Å²) >= 11 is 3.26. The first-order valence-electron chi connectivity index (χ1n) is 5.48. The minimum Gasteiger partial charge on any atom is -0.308 e. The quantitative estimate of drug-likeness (QED) is 0.663. The van der Waals surface area contributed by atoms with Crippen molar-refractivity contribution in [2.24, 2.45) is 0 Å². The van der Waals surface area contributed by atoms with Gasteiger partial charge >= 0.3 is 6.03 Å². The Morgan fingerprint density at radius 1 is 1.20 bits per heavy atom. The van der Waals surface area contributed by atoms with Crippen LogP contribution < -0.4 is 10.6 Å². The smallest absolute Gasteiger partial charge is 0.308 e. The van der Waals surface area contributed by atoms with E-state index in [1.807, 2.05) is 0 Å². The maximum absolute atomic E-state index is 11.8. The molecule has 0 unspecified atom stereocenters. The number of halogens is 1. The van der Waals surface area contributed by atoms with Gasteiger partial charge < -0.3 is 10.6 Å². The molecule has 0 radical (unpaired) electrons. The van der Waals surface area contributed by atoms with Crippen LogP contribution in [0.1, 0.15) is 0 Å². The van der Waals surface area contributed by atoms with E-state index >= 15 is 0 Å². The van der Waals surface area contributed by atoms with E-state index in [0.29, 0.717) is 15.8 Å². The minimum atomic E-state index is -0.502. The number of urea groups is 1.